The summed E-state index contributed by atoms with van der Waals surface area (Å²) in [5.41, 5.74) is 0. The molecule has 0 aromatic rings. The van der Waals surface area contributed by atoms with Crippen LogP contribution in [0.3, 0.4) is 0 Å². The summed E-state index contributed by atoms with van der Waals surface area (Å²) in [5.74, 6) is -0.835. The lowest BCUT2D eigenvalue weighted by Gasteiger charge is -2.19. The number of carbonyl (C=O) groups is 2. The minimum absolute atomic E-state index is 0.224. The normalized spacial score (nSPS) is 14.0. The van der Waals surface area contributed by atoms with Crippen LogP contribution in [0.25, 0.3) is 0 Å². The number of rotatable bonds is 36. The summed E-state index contributed by atoms with van der Waals surface area (Å²) in [6.07, 6.45) is 45.5. The Labute approximate surface area is 311 Å². The molecule has 0 heterocycles. The Kier molecular flexibility index (Phi) is 35.9. The molecule has 0 saturated carbocycles. The SMILES string of the molecule is CC/C=C\C/C=C\C/C=C\C/C=C\CCCCCCCCC(=O)OC(COC(=O)CCCCCCC/C=C\CCCCCC)COP(=O)(O)OC. The monoisotopic (exact) mass is 737 g/mol. The van der Waals surface area contributed by atoms with Crippen molar-refractivity contribution in [3.8, 4) is 0 Å². The Morgan fingerprint density at radius 1 is 0.569 bits per heavy atom. The van der Waals surface area contributed by atoms with Gasteiger partial charge in [-0.15, -0.1) is 0 Å². The van der Waals surface area contributed by atoms with Gasteiger partial charge in [0.05, 0.1) is 6.61 Å². The molecule has 0 bridgehead atoms. The number of allylic oxidation sites excluding steroid dienone is 10. The summed E-state index contributed by atoms with van der Waals surface area (Å²) in [4.78, 5) is 34.4. The fraction of sp³-hybridized carbons (Fsp3) is 0.714. The van der Waals surface area contributed by atoms with Crippen LogP contribution in [0.4, 0.5) is 0 Å². The van der Waals surface area contributed by atoms with Crippen molar-refractivity contribution in [1.82, 2.24) is 0 Å². The lowest BCUT2D eigenvalue weighted by atomic mass is 10.1. The van der Waals surface area contributed by atoms with Gasteiger partial charge >= 0.3 is 19.8 Å². The lowest BCUT2D eigenvalue weighted by molar-refractivity contribution is -0.161. The Balaban J connectivity index is 4.08. The van der Waals surface area contributed by atoms with Crippen molar-refractivity contribution < 1.29 is 37.6 Å². The third kappa shape index (κ3) is 37.3. The van der Waals surface area contributed by atoms with E-state index in [1.807, 2.05) is 0 Å². The first-order valence-electron chi connectivity index (χ1n) is 20.0. The topological polar surface area (TPSA) is 108 Å². The van der Waals surface area contributed by atoms with Gasteiger partial charge in [-0.05, 0) is 77.0 Å². The number of esters is 2. The van der Waals surface area contributed by atoms with E-state index in [0.717, 1.165) is 110 Å². The molecule has 8 nitrogen and oxygen atoms in total. The van der Waals surface area contributed by atoms with E-state index in [0.29, 0.717) is 6.42 Å². The summed E-state index contributed by atoms with van der Waals surface area (Å²) in [5, 5.41) is 0. The van der Waals surface area contributed by atoms with E-state index in [4.69, 9.17) is 14.0 Å². The van der Waals surface area contributed by atoms with Crippen LogP contribution in [-0.2, 0) is 32.7 Å². The van der Waals surface area contributed by atoms with Crippen LogP contribution >= 0.6 is 7.82 Å². The number of hydrogen-bond acceptors (Lipinski definition) is 7. The van der Waals surface area contributed by atoms with E-state index >= 15 is 0 Å². The van der Waals surface area contributed by atoms with Gasteiger partial charge in [-0.25, -0.2) is 4.57 Å². The van der Waals surface area contributed by atoms with Gasteiger partial charge in [-0.1, -0.05) is 139 Å². The van der Waals surface area contributed by atoms with Crippen LogP contribution in [0, 0.1) is 0 Å². The average Bonchev–Trinajstić information content (AvgIpc) is 3.12. The predicted octanol–water partition coefficient (Wildman–Crippen LogP) is 12.4. The number of phosphoric ester groups is 1. The Bertz CT molecular complexity index is 1020. The standard InChI is InChI=1S/C42H73O8P/c1-4-6-8-10-12-14-16-18-19-20-21-22-23-25-27-29-31-33-35-37-42(44)50-40(39-49-51(45,46)47-3)38-48-41(43)36-34-32-30-28-26-24-17-15-13-11-9-7-5-2/h6,8,12,14-15,17-19,21-22,40H,4-5,7,9-11,13,16,20,23-39H2,1-3H3,(H,45,46)/b8-6-,14-12-,17-15-,19-18-,22-21-. The van der Waals surface area contributed by atoms with Crippen molar-refractivity contribution in [2.75, 3.05) is 20.3 Å². The molecule has 0 aliphatic heterocycles. The number of carbonyl (C=O) groups excluding carboxylic acids is 2. The zero-order chi connectivity index (χ0) is 37.5. The predicted molar refractivity (Wildman–Crippen MR) is 211 cm³/mol. The molecule has 0 radical (unpaired) electrons. The van der Waals surface area contributed by atoms with Gasteiger partial charge < -0.3 is 14.4 Å². The summed E-state index contributed by atoms with van der Waals surface area (Å²) in [7, 11) is -3.21. The first kappa shape index (κ1) is 48.8. The fourth-order valence-corrected chi connectivity index (χ4v) is 5.63. The summed E-state index contributed by atoms with van der Waals surface area (Å²) in [6.45, 7) is 3.73. The second-order valence-corrected chi connectivity index (χ2v) is 14.6. The smallest absolute Gasteiger partial charge is 0.462 e. The van der Waals surface area contributed by atoms with E-state index in [1.165, 1.54) is 32.1 Å². The van der Waals surface area contributed by atoms with Crippen molar-refractivity contribution in [3.63, 3.8) is 0 Å². The molecule has 51 heavy (non-hydrogen) atoms. The minimum atomic E-state index is -4.27. The number of ether oxygens (including phenoxy) is 2. The van der Waals surface area contributed by atoms with Gasteiger partial charge in [0.15, 0.2) is 6.10 Å². The molecule has 0 saturated heterocycles. The van der Waals surface area contributed by atoms with Crippen LogP contribution in [-0.4, -0.2) is 43.3 Å². The summed E-state index contributed by atoms with van der Waals surface area (Å²) >= 11 is 0. The second kappa shape index (κ2) is 37.5. The zero-order valence-electron chi connectivity index (χ0n) is 32.5. The van der Waals surface area contributed by atoms with Gasteiger partial charge in [-0.3, -0.25) is 18.6 Å². The third-order valence-electron chi connectivity index (χ3n) is 8.25. The third-order valence-corrected chi connectivity index (χ3v) is 9.18. The van der Waals surface area contributed by atoms with Gasteiger partial charge in [0.1, 0.15) is 6.61 Å². The van der Waals surface area contributed by atoms with E-state index in [2.05, 4.69) is 79.1 Å². The maximum atomic E-state index is 12.5. The average molecular weight is 737 g/mol. The molecule has 2 unspecified atom stereocenters. The molecule has 0 aromatic heterocycles. The molecule has 1 N–H and O–H groups in total. The maximum absolute atomic E-state index is 12.5. The number of unbranched alkanes of at least 4 members (excludes halogenated alkanes) is 15. The van der Waals surface area contributed by atoms with Crippen LogP contribution < -0.4 is 0 Å². The maximum Gasteiger partial charge on any atom is 0.472 e. The Morgan fingerprint density at radius 3 is 1.51 bits per heavy atom. The van der Waals surface area contributed by atoms with Crippen molar-refractivity contribution in [1.29, 1.82) is 0 Å². The Hall–Kier alpha value is -2.25. The van der Waals surface area contributed by atoms with Gasteiger partial charge in [0.25, 0.3) is 0 Å². The lowest BCUT2D eigenvalue weighted by Crippen LogP contribution is -2.29. The van der Waals surface area contributed by atoms with Gasteiger partial charge in [-0.2, -0.15) is 0 Å². The molecule has 0 amide bonds. The largest absolute Gasteiger partial charge is 0.472 e. The number of hydrogen-bond donors (Lipinski definition) is 1. The molecule has 0 aliphatic carbocycles. The molecule has 2 atom stereocenters. The molecule has 0 rings (SSSR count). The van der Waals surface area contributed by atoms with Crippen molar-refractivity contribution in [2.24, 2.45) is 0 Å². The first-order valence-corrected chi connectivity index (χ1v) is 21.5. The molecule has 0 fully saturated rings. The van der Waals surface area contributed by atoms with Crippen molar-refractivity contribution in [3.05, 3.63) is 60.8 Å². The molecule has 0 aliphatic rings. The van der Waals surface area contributed by atoms with E-state index in [1.54, 1.807) is 0 Å². The van der Waals surface area contributed by atoms with Crippen molar-refractivity contribution in [2.45, 2.75) is 174 Å². The molecular weight excluding hydrogens is 663 g/mol. The van der Waals surface area contributed by atoms with Crippen LogP contribution in [0.2, 0.25) is 0 Å². The summed E-state index contributed by atoms with van der Waals surface area (Å²) in [6, 6.07) is 0. The highest BCUT2D eigenvalue weighted by molar-refractivity contribution is 7.47. The van der Waals surface area contributed by atoms with Crippen LogP contribution in [0.1, 0.15) is 168 Å². The van der Waals surface area contributed by atoms with Gasteiger partial charge in [0.2, 0.25) is 0 Å². The van der Waals surface area contributed by atoms with Crippen LogP contribution in [0.5, 0.6) is 0 Å². The minimum Gasteiger partial charge on any atom is -0.462 e. The van der Waals surface area contributed by atoms with Crippen LogP contribution in [0.15, 0.2) is 60.8 Å². The highest BCUT2D eigenvalue weighted by Gasteiger charge is 2.24. The second-order valence-electron chi connectivity index (χ2n) is 13.0. The van der Waals surface area contributed by atoms with E-state index in [-0.39, 0.29) is 25.4 Å². The quantitative estimate of drug-likeness (QED) is 0.0293. The first-order chi connectivity index (χ1) is 24.8. The highest BCUT2D eigenvalue weighted by Crippen LogP contribution is 2.42. The molecule has 0 aromatic carbocycles. The molecule has 294 valence electrons. The zero-order valence-corrected chi connectivity index (χ0v) is 33.4. The highest BCUT2D eigenvalue weighted by atomic mass is 31.2. The summed E-state index contributed by atoms with van der Waals surface area (Å²) < 4.78 is 31.9. The van der Waals surface area contributed by atoms with Crippen molar-refractivity contribution >= 4 is 19.8 Å². The molecule has 0 spiro atoms. The molecular formula is C42H73O8P. The molecule has 9 heteroatoms. The number of phosphoric acid groups is 1. The van der Waals surface area contributed by atoms with Gasteiger partial charge in [0, 0.05) is 20.0 Å². The Morgan fingerprint density at radius 2 is 1.00 bits per heavy atom. The fourth-order valence-electron chi connectivity index (χ4n) is 5.17. The van der Waals surface area contributed by atoms with E-state index in [9.17, 15) is 19.0 Å². The van der Waals surface area contributed by atoms with E-state index < -0.39 is 26.5 Å².